The Hall–Kier alpha value is -0.900. The zero-order chi connectivity index (χ0) is 11.9. The Balaban J connectivity index is 2.66. The molecule has 0 fully saturated rings. The van der Waals surface area contributed by atoms with Gasteiger partial charge in [0.1, 0.15) is 0 Å². The van der Waals surface area contributed by atoms with E-state index in [4.69, 9.17) is 5.26 Å². The van der Waals surface area contributed by atoms with Crippen LogP contribution in [0.2, 0.25) is 0 Å². The summed E-state index contributed by atoms with van der Waals surface area (Å²) < 4.78 is 1.39. The van der Waals surface area contributed by atoms with Crippen LogP contribution in [0.25, 0.3) is 0 Å². The lowest BCUT2D eigenvalue weighted by Crippen LogP contribution is -2.33. The van der Waals surface area contributed by atoms with E-state index in [2.05, 4.69) is 37.2 Å². The van der Waals surface area contributed by atoms with Gasteiger partial charge < -0.3 is 10.4 Å². The summed E-state index contributed by atoms with van der Waals surface area (Å²) >= 11 is 6.56. The van der Waals surface area contributed by atoms with Crippen LogP contribution in [-0.4, -0.2) is 11.0 Å². The van der Waals surface area contributed by atoms with E-state index in [-0.39, 0.29) is 6.42 Å². The van der Waals surface area contributed by atoms with Crippen molar-refractivity contribution < 1.29 is 9.90 Å². The second-order valence-electron chi connectivity index (χ2n) is 3.46. The highest BCUT2D eigenvalue weighted by molar-refractivity contribution is 9.11. The first-order valence-corrected chi connectivity index (χ1v) is 5.98. The fraction of sp³-hybridized carbons (Fsp3) is 0.200. The van der Waals surface area contributed by atoms with E-state index in [9.17, 15) is 9.90 Å². The molecule has 0 aromatic heterocycles. The fourth-order valence-corrected chi connectivity index (χ4v) is 2.98. The molecular weight excluding hydrogens is 340 g/mol. The van der Waals surface area contributed by atoms with E-state index >= 15 is 0 Å². The number of nitrogens with zero attached hydrogens (tertiary/aromatic N) is 1. The molecule has 0 saturated heterocycles. The number of carbonyl (C=O) groups excluding carboxylic acids is 1. The van der Waals surface area contributed by atoms with E-state index in [0.29, 0.717) is 15.7 Å². The van der Waals surface area contributed by atoms with Crippen LogP contribution in [0.15, 0.2) is 21.1 Å². The highest BCUT2D eigenvalue weighted by atomic mass is 79.9. The number of nitriles is 1. The fourth-order valence-electron chi connectivity index (χ4n) is 1.66. The van der Waals surface area contributed by atoms with Gasteiger partial charge in [0.2, 0.25) is 0 Å². The SMILES string of the molecule is N#CCC1(O)C(=O)Nc2c(Br)cc(Br)cc21. The first-order chi connectivity index (χ1) is 7.49. The van der Waals surface area contributed by atoms with Crippen LogP contribution >= 0.6 is 31.9 Å². The average Bonchev–Trinajstić information content (AvgIpc) is 2.43. The molecule has 2 rings (SSSR count). The number of nitrogens with one attached hydrogen (secondary N) is 1. The summed E-state index contributed by atoms with van der Waals surface area (Å²) in [6.45, 7) is 0. The molecule has 1 amide bonds. The van der Waals surface area contributed by atoms with Gasteiger partial charge >= 0.3 is 0 Å². The lowest BCUT2D eigenvalue weighted by Gasteiger charge is -2.16. The number of aliphatic hydroxyl groups is 1. The molecule has 0 spiro atoms. The van der Waals surface area contributed by atoms with Crippen molar-refractivity contribution in [2.45, 2.75) is 12.0 Å². The van der Waals surface area contributed by atoms with Gasteiger partial charge in [-0.05, 0) is 28.1 Å². The second kappa shape index (κ2) is 3.84. The normalized spacial score (nSPS) is 22.5. The van der Waals surface area contributed by atoms with Crippen molar-refractivity contribution in [3.05, 3.63) is 26.6 Å². The topological polar surface area (TPSA) is 73.1 Å². The summed E-state index contributed by atoms with van der Waals surface area (Å²) in [5.41, 5.74) is -0.817. The molecule has 2 N–H and O–H groups in total. The Morgan fingerprint density at radius 3 is 2.81 bits per heavy atom. The maximum absolute atomic E-state index is 11.7. The molecule has 16 heavy (non-hydrogen) atoms. The first kappa shape index (κ1) is 11.6. The van der Waals surface area contributed by atoms with Gasteiger partial charge in [-0.15, -0.1) is 0 Å². The van der Waals surface area contributed by atoms with Crippen molar-refractivity contribution in [3.8, 4) is 6.07 Å². The summed E-state index contributed by atoms with van der Waals surface area (Å²) in [4.78, 5) is 11.7. The van der Waals surface area contributed by atoms with Gasteiger partial charge in [0.05, 0.1) is 18.2 Å². The Labute approximate surface area is 109 Å². The number of halogens is 2. The van der Waals surface area contributed by atoms with Gasteiger partial charge in [-0.1, -0.05) is 15.9 Å². The smallest absolute Gasteiger partial charge is 0.262 e. The second-order valence-corrected chi connectivity index (χ2v) is 5.23. The number of fused-ring (bicyclic) bond motifs is 1. The van der Waals surface area contributed by atoms with Crippen molar-refractivity contribution in [2.24, 2.45) is 0 Å². The Bertz CT molecular complexity index is 524. The van der Waals surface area contributed by atoms with Crippen LogP contribution < -0.4 is 5.32 Å². The molecule has 0 aliphatic carbocycles. The number of carbonyl (C=O) groups is 1. The van der Waals surface area contributed by atoms with E-state index < -0.39 is 11.5 Å². The molecule has 6 heteroatoms. The highest BCUT2D eigenvalue weighted by Gasteiger charge is 2.46. The lowest BCUT2D eigenvalue weighted by atomic mass is 9.93. The molecular formula is C10H6Br2N2O2. The molecule has 0 bridgehead atoms. The average molecular weight is 346 g/mol. The lowest BCUT2D eigenvalue weighted by molar-refractivity contribution is -0.133. The largest absolute Gasteiger partial charge is 0.374 e. The van der Waals surface area contributed by atoms with Gasteiger partial charge in [-0.3, -0.25) is 4.79 Å². The molecule has 1 unspecified atom stereocenters. The van der Waals surface area contributed by atoms with Crippen LogP contribution in [0.3, 0.4) is 0 Å². The van der Waals surface area contributed by atoms with Gasteiger partial charge in [-0.25, -0.2) is 0 Å². The van der Waals surface area contributed by atoms with E-state index in [0.717, 1.165) is 4.47 Å². The van der Waals surface area contributed by atoms with Crippen molar-refractivity contribution in [3.63, 3.8) is 0 Å². The van der Waals surface area contributed by atoms with Crippen LogP contribution in [0.5, 0.6) is 0 Å². The summed E-state index contributed by atoms with van der Waals surface area (Å²) in [5.74, 6) is -0.567. The summed E-state index contributed by atoms with van der Waals surface area (Å²) in [7, 11) is 0. The minimum atomic E-state index is -1.75. The Morgan fingerprint density at radius 1 is 1.50 bits per heavy atom. The van der Waals surface area contributed by atoms with E-state index in [1.54, 1.807) is 12.1 Å². The van der Waals surface area contributed by atoms with Gasteiger partial charge in [-0.2, -0.15) is 5.26 Å². The molecule has 82 valence electrons. The molecule has 1 heterocycles. The standard InChI is InChI=1S/C10H6Br2N2O2/c11-5-3-6-8(7(12)4-5)14-9(15)10(6,16)1-2-13/h3-4,16H,1H2,(H,14,15). The third-order valence-electron chi connectivity index (χ3n) is 2.45. The zero-order valence-corrected chi connectivity index (χ0v) is 11.1. The monoisotopic (exact) mass is 344 g/mol. The molecule has 1 aliphatic heterocycles. The molecule has 0 radical (unpaired) electrons. The molecule has 4 nitrogen and oxygen atoms in total. The number of rotatable bonds is 1. The molecule has 1 aliphatic rings. The van der Waals surface area contributed by atoms with Gasteiger partial charge in [0.15, 0.2) is 5.60 Å². The van der Waals surface area contributed by atoms with Crippen LogP contribution in [0.4, 0.5) is 5.69 Å². The minimum Gasteiger partial charge on any atom is -0.374 e. The van der Waals surface area contributed by atoms with Crippen LogP contribution in [0, 0.1) is 11.3 Å². The number of amides is 1. The third-order valence-corrected chi connectivity index (χ3v) is 3.53. The third kappa shape index (κ3) is 1.56. The van der Waals surface area contributed by atoms with Crippen LogP contribution in [-0.2, 0) is 10.4 Å². The first-order valence-electron chi connectivity index (χ1n) is 4.39. The van der Waals surface area contributed by atoms with Crippen molar-refractivity contribution >= 4 is 43.5 Å². The summed E-state index contributed by atoms with van der Waals surface area (Å²) in [6.07, 6.45) is -0.269. The van der Waals surface area contributed by atoms with Crippen molar-refractivity contribution in [2.75, 3.05) is 5.32 Å². The molecule has 1 atom stereocenters. The summed E-state index contributed by atoms with van der Waals surface area (Å²) in [6, 6.07) is 5.21. The van der Waals surface area contributed by atoms with E-state index in [1.807, 2.05) is 6.07 Å². The van der Waals surface area contributed by atoms with Gasteiger partial charge in [0.25, 0.3) is 5.91 Å². The predicted molar refractivity (Wildman–Crippen MR) is 64.6 cm³/mol. The quantitative estimate of drug-likeness (QED) is 0.820. The number of hydrogen-bond donors (Lipinski definition) is 2. The molecule has 0 saturated carbocycles. The highest BCUT2D eigenvalue weighted by Crippen LogP contribution is 2.43. The predicted octanol–water partition coefficient (Wildman–Crippen LogP) is 2.26. The Kier molecular flexibility index (Phi) is 2.78. The number of anilines is 1. The number of hydrogen-bond acceptors (Lipinski definition) is 3. The van der Waals surface area contributed by atoms with Crippen LogP contribution in [0.1, 0.15) is 12.0 Å². The van der Waals surface area contributed by atoms with E-state index in [1.165, 1.54) is 0 Å². The molecule has 1 aromatic rings. The Morgan fingerprint density at radius 2 is 2.19 bits per heavy atom. The minimum absolute atomic E-state index is 0.269. The maximum Gasteiger partial charge on any atom is 0.262 e. The van der Waals surface area contributed by atoms with Crippen molar-refractivity contribution in [1.82, 2.24) is 0 Å². The molecule has 1 aromatic carbocycles. The van der Waals surface area contributed by atoms with Gasteiger partial charge in [0, 0.05) is 14.5 Å². The number of benzene rings is 1. The zero-order valence-electron chi connectivity index (χ0n) is 7.92. The summed E-state index contributed by atoms with van der Waals surface area (Å²) in [5, 5.41) is 21.4. The van der Waals surface area contributed by atoms with Crippen molar-refractivity contribution in [1.29, 1.82) is 5.26 Å². The maximum atomic E-state index is 11.7.